The van der Waals surface area contributed by atoms with Gasteiger partial charge in [-0.05, 0) is 24.6 Å². The van der Waals surface area contributed by atoms with E-state index in [1.165, 1.54) is 4.88 Å². The van der Waals surface area contributed by atoms with Gasteiger partial charge in [-0.15, -0.1) is 11.3 Å². The second-order valence-corrected chi connectivity index (χ2v) is 5.15. The third-order valence-electron chi connectivity index (χ3n) is 2.17. The second-order valence-electron chi connectivity index (χ2n) is 3.35. The summed E-state index contributed by atoms with van der Waals surface area (Å²) in [4.78, 5) is 5.20. The lowest BCUT2D eigenvalue weighted by Gasteiger charge is -2.07. The molecule has 84 valence electrons. The van der Waals surface area contributed by atoms with E-state index in [0.29, 0.717) is 5.69 Å². The Morgan fingerprint density at radius 2 is 2.25 bits per heavy atom. The van der Waals surface area contributed by atoms with E-state index in [0.717, 1.165) is 23.0 Å². The molecule has 0 aliphatic heterocycles. The number of anilines is 2. The summed E-state index contributed by atoms with van der Waals surface area (Å²) in [7, 11) is 0. The molecule has 0 radical (unpaired) electrons. The van der Waals surface area contributed by atoms with Crippen molar-refractivity contribution in [3.05, 3.63) is 39.8 Å². The van der Waals surface area contributed by atoms with Gasteiger partial charge in [-0.25, -0.2) is 0 Å². The van der Waals surface area contributed by atoms with Crippen LogP contribution in [-0.4, -0.2) is 11.5 Å². The molecule has 0 fully saturated rings. The summed E-state index contributed by atoms with van der Waals surface area (Å²) >= 11 is 7.46. The van der Waals surface area contributed by atoms with E-state index in [1.54, 1.807) is 23.7 Å². The Labute approximate surface area is 103 Å². The minimum atomic E-state index is 0.673. The number of rotatable bonds is 4. The molecule has 2 aromatic heterocycles. The summed E-state index contributed by atoms with van der Waals surface area (Å²) in [6.07, 6.45) is 4.31. The quantitative estimate of drug-likeness (QED) is 0.881. The van der Waals surface area contributed by atoms with Crippen molar-refractivity contribution in [2.75, 3.05) is 17.6 Å². The van der Waals surface area contributed by atoms with Gasteiger partial charge in [0.1, 0.15) is 0 Å². The Morgan fingerprint density at radius 1 is 1.38 bits per heavy atom. The predicted molar refractivity (Wildman–Crippen MR) is 70.2 cm³/mol. The van der Waals surface area contributed by atoms with Gasteiger partial charge in [-0.1, -0.05) is 11.6 Å². The fourth-order valence-electron chi connectivity index (χ4n) is 1.37. The zero-order valence-corrected chi connectivity index (χ0v) is 10.2. The van der Waals surface area contributed by atoms with Crippen LogP contribution in [0.5, 0.6) is 0 Å². The maximum absolute atomic E-state index is 5.85. The molecule has 0 aliphatic rings. The standard InChI is InChI=1S/C11H12ClN3S/c12-11-2-1-8(16-11)3-6-15-10-4-5-14-7-9(10)13/h1-2,4-5,7H,3,6,13H2,(H,14,15). The van der Waals surface area contributed by atoms with Gasteiger partial charge in [0.2, 0.25) is 0 Å². The van der Waals surface area contributed by atoms with Gasteiger partial charge in [0.25, 0.3) is 0 Å². The normalized spacial score (nSPS) is 10.3. The first-order valence-corrected chi connectivity index (χ1v) is 6.13. The zero-order chi connectivity index (χ0) is 11.4. The molecule has 2 heterocycles. The topological polar surface area (TPSA) is 50.9 Å². The molecule has 0 spiro atoms. The Hall–Kier alpha value is -1.26. The molecule has 3 N–H and O–H groups in total. The first kappa shape index (κ1) is 11.2. The molecular weight excluding hydrogens is 242 g/mol. The van der Waals surface area contributed by atoms with Crippen LogP contribution in [0.2, 0.25) is 4.34 Å². The van der Waals surface area contributed by atoms with E-state index in [2.05, 4.69) is 10.3 Å². The van der Waals surface area contributed by atoms with Gasteiger partial charge in [0, 0.05) is 17.6 Å². The van der Waals surface area contributed by atoms with Crippen molar-refractivity contribution in [2.45, 2.75) is 6.42 Å². The van der Waals surface area contributed by atoms with Gasteiger partial charge < -0.3 is 11.1 Å². The lowest BCUT2D eigenvalue weighted by Crippen LogP contribution is -2.06. The SMILES string of the molecule is Nc1cnccc1NCCc1ccc(Cl)s1. The van der Waals surface area contributed by atoms with Crippen molar-refractivity contribution in [3.8, 4) is 0 Å². The average molecular weight is 254 g/mol. The van der Waals surface area contributed by atoms with Crippen LogP contribution >= 0.6 is 22.9 Å². The van der Waals surface area contributed by atoms with Crippen molar-refractivity contribution >= 4 is 34.3 Å². The summed E-state index contributed by atoms with van der Waals surface area (Å²) in [6.45, 7) is 0.838. The van der Waals surface area contributed by atoms with E-state index < -0.39 is 0 Å². The van der Waals surface area contributed by atoms with Crippen molar-refractivity contribution < 1.29 is 0 Å². The van der Waals surface area contributed by atoms with Gasteiger partial charge in [0.05, 0.1) is 21.9 Å². The van der Waals surface area contributed by atoms with Crippen molar-refractivity contribution in [1.29, 1.82) is 0 Å². The highest BCUT2D eigenvalue weighted by atomic mass is 35.5. The largest absolute Gasteiger partial charge is 0.396 e. The third kappa shape index (κ3) is 2.87. The van der Waals surface area contributed by atoms with Crippen LogP contribution in [0.1, 0.15) is 4.88 Å². The number of nitrogens with one attached hydrogen (secondary N) is 1. The van der Waals surface area contributed by atoms with Crippen LogP contribution in [0.3, 0.4) is 0 Å². The van der Waals surface area contributed by atoms with Crippen LogP contribution in [0.4, 0.5) is 11.4 Å². The van der Waals surface area contributed by atoms with E-state index in [1.807, 2.05) is 18.2 Å². The highest BCUT2D eigenvalue weighted by Gasteiger charge is 1.99. The number of aromatic nitrogens is 1. The number of nitrogen functional groups attached to an aromatic ring is 1. The Kier molecular flexibility index (Phi) is 3.64. The molecule has 0 atom stereocenters. The molecule has 0 amide bonds. The van der Waals surface area contributed by atoms with Crippen LogP contribution < -0.4 is 11.1 Å². The monoisotopic (exact) mass is 253 g/mol. The third-order valence-corrected chi connectivity index (χ3v) is 3.46. The first-order valence-electron chi connectivity index (χ1n) is 4.93. The molecule has 3 nitrogen and oxygen atoms in total. The maximum atomic E-state index is 5.85. The molecule has 0 bridgehead atoms. The number of pyridine rings is 1. The molecular formula is C11H12ClN3S. The molecule has 0 unspecified atom stereocenters. The summed E-state index contributed by atoms with van der Waals surface area (Å²) in [5.41, 5.74) is 7.36. The van der Waals surface area contributed by atoms with Crippen LogP contribution in [-0.2, 0) is 6.42 Å². The molecule has 0 saturated heterocycles. The second kappa shape index (κ2) is 5.18. The summed E-state index contributed by atoms with van der Waals surface area (Å²) in [6, 6.07) is 5.84. The van der Waals surface area contributed by atoms with Gasteiger partial charge in [-0.3, -0.25) is 4.98 Å². The summed E-state index contributed by atoms with van der Waals surface area (Å²) in [5.74, 6) is 0. The highest BCUT2D eigenvalue weighted by Crippen LogP contribution is 2.22. The molecule has 0 aliphatic carbocycles. The fraction of sp³-hybridized carbons (Fsp3) is 0.182. The van der Waals surface area contributed by atoms with E-state index in [4.69, 9.17) is 17.3 Å². The molecule has 2 aromatic rings. The number of halogens is 1. The lowest BCUT2D eigenvalue weighted by atomic mass is 10.3. The number of nitrogens with two attached hydrogens (primary N) is 1. The summed E-state index contributed by atoms with van der Waals surface area (Å²) in [5, 5.41) is 3.27. The van der Waals surface area contributed by atoms with Gasteiger partial charge in [0.15, 0.2) is 0 Å². The van der Waals surface area contributed by atoms with Crippen LogP contribution in [0, 0.1) is 0 Å². The minimum Gasteiger partial charge on any atom is -0.396 e. The van der Waals surface area contributed by atoms with Crippen molar-refractivity contribution in [2.24, 2.45) is 0 Å². The Bertz CT molecular complexity index is 470. The molecule has 0 aromatic carbocycles. The molecule has 16 heavy (non-hydrogen) atoms. The average Bonchev–Trinajstić information content (AvgIpc) is 2.67. The smallest absolute Gasteiger partial charge is 0.0931 e. The van der Waals surface area contributed by atoms with E-state index in [9.17, 15) is 0 Å². The number of hydrogen-bond acceptors (Lipinski definition) is 4. The summed E-state index contributed by atoms with van der Waals surface area (Å²) < 4.78 is 0.832. The fourth-order valence-corrected chi connectivity index (χ4v) is 2.46. The predicted octanol–water partition coefficient (Wildman–Crippen LogP) is 3.03. The number of nitrogens with zero attached hydrogens (tertiary/aromatic N) is 1. The number of hydrogen-bond donors (Lipinski definition) is 2. The molecule has 2 rings (SSSR count). The zero-order valence-electron chi connectivity index (χ0n) is 8.61. The van der Waals surface area contributed by atoms with Crippen molar-refractivity contribution in [3.63, 3.8) is 0 Å². The van der Waals surface area contributed by atoms with E-state index in [-0.39, 0.29) is 0 Å². The highest BCUT2D eigenvalue weighted by molar-refractivity contribution is 7.16. The van der Waals surface area contributed by atoms with Crippen LogP contribution in [0.15, 0.2) is 30.6 Å². The lowest BCUT2D eigenvalue weighted by molar-refractivity contribution is 1.04. The maximum Gasteiger partial charge on any atom is 0.0931 e. The molecule has 0 saturated carbocycles. The minimum absolute atomic E-state index is 0.673. The van der Waals surface area contributed by atoms with Crippen molar-refractivity contribution in [1.82, 2.24) is 4.98 Å². The Balaban J connectivity index is 1.87. The first-order chi connectivity index (χ1) is 7.75. The Morgan fingerprint density at radius 3 is 2.94 bits per heavy atom. The van der Waals surface area contributed by atoms with E-state index >= 15 is 0 Å². The van der Waals surface area contributed by atoms with Gasteiger partial charge >= 0.3 is 0 Å². The van der Waals surface area contributed by atoms with Gasteiger partial charge in [-0.2, -0.15) is 0 Å². The number of thiophene rings is 1. The van der Waals surface area contributed by atoms with Crippen LogP contribution in [0.25, 0.3) is 0 Å². The molecule has 5 heteroatoms.